The average molecular weight is 885 g/mol. The Morgan fingerprint density at radius 2 is 0.727 bits per heavy atom. The van der Waals surface area contributed by atoms with Crippen molar-refractivity contribution in [3.05, 3.63) is 179 Å². The standard InChI is InChI=1S/C54H56N6O6/c61-49(55-27-25-35-13-5-1-6-14-35)43-31-59(32-44(43)50(62)56-28-26-36-15-7-2-8-16-36)53(65)39-21-23-40(24-22-39)54(66)60-33-45(51(63)57-47-29-41(47)37-17-9-3-10-18-37)46(34-60)52(64)58-48-30-42(48)38-19-11-4-12-20-38/h1-24,41-48H,25-34H2,(H,55,61)(H,56,62)(H,57,63)(H,58,64)/t41-,42-,43-,44?,45?,46?,47?,48?/m1/s1. The Hall–Kier alpha value is -7.08. The van der Waals surface area contributed by atoms with Crippen molar-refractivity contribution in [2.45, 2.75) is 49.6 Å². The predicted molar refractivity (Wildman–Crippen MR) is 250 cm³/mol. The van der Waals surface area contributed by atoms with Gasteiger partial charge in [0.05, 0.1) is 23.7 Å². The van der Waals surface area contributed by atoms with Gasteiger partial charge in [-0.15, -0.1) is 0 Å². The normalized spacial score (nSPS) is 23.9. The van der Waals surface area contributed by atoms with Crippen LogP contribution in [0.1, 0.15) is 67.6 Å². The fraction of sp³-hybridized carbons (Fsp3) is 0.333. The summed E-state index contributed by atoms with van der Waals surface area (Å²) < 4.78 is 0. The first-order valence-corrected chi connectivity index (χ1v) is 23.2. The number of amides is 6. The van der Waals surface area contributed by atoms with Crippen molar-refractivity contribution in [3.63, 3.8) is 0 Å². The molecular formula is C54H56N6O6. The number of carbonyl (C=O) groups is 6. The number of hydrogen-bond donors (Lipinski definition) is 4. The molecule has 2 saturated heterocycles. The van der Waals surface area contributed by atoms with Crippen LogP contribution in [0.2, 0.25) is 0 Å². The van der Waals surface area contributed by atoms with E-state index in [0.29, 0.717) is 37.1 Å². The minimum Gasteiger partial charge on any atom is -0.355 e. The first-order chi connectivity index (χ1) is 32.2. The second kappa shape index (κ2) is 20.0. The summed E-state index contributed by atoms with van der Waals surface area (Å²) in [7, 11) is 0. The fourth-order valence-corrected chi connectivity index (χ4v) is 9.76. The number of benzene rings is 5. The maximum Gasteiger partial charge on any atom is 0.253 e. The third-order valence-corrected chi connectivity index (χ3v) is 13.7. The van der Waals surface area contributed by atoms with Gasteiger partial charge in [-0.05, 0) is 72.2 Å². The van der Waals surface area contributed by atoms with Crippen LogP contribution in [0.15, 0.2) is 146 Å². The molecule has 4 aliphatic rings. The van der Waals surface area contributed by atoms with Gasteiger partial charge >= 0.3 is 0 Å². The number of likely N-dealkylation sites (tertiary alicyclic amines) is 2. The Balaban J connectivity index is 0.849. The Morgan fingerprint density at radius 1 is 0.409 bits per heavy atom. The Labute approximate surface area is 385 Å². The molecule has 0 radical (unpaired) electrons. The lowest BCUT2D eigenvalue weighted by molar-refractivity contribution is -0.133. The summed E-state index contributed by atoms with van der Waals surface area (Å²) in [4.78, 5) is 86.5. The molecule has 4 N–H and O–H groups in total. The molecule has 12 nitrogen and oxygen atoms in total. The van der Waals surface area contributed by atoms with Gasteiger partial charge in [0.15, 0.2) is 0 Å². The van der Waals surface area contributed by atoms with E-state index in [1.807, 2.05) is 97.1 Å². The van der Waals surface area contributed by atoms with Gasteiger partial charge < -0.3 is 31.1 Å². The van der Waals surface area contributed by atoms with E-state index in [0.717, 1.165) is 35.1 Å². The number of nitrogens with zero attached hydrogens (tertiary/aromatic N) is 2. The minimum atomic E-state index is -0.749. The summed E-state index contributed by atoms with van der Waals surface area (Å²) in [5.74, 6) is -4.27. The number of hydrogen-bond acceptors (Lipinski definition) is 6. The molecule has 2 saturated carbocycles. The van der Waals surface area contributed by atoms with Gasteiger partial charge in [-0.25, -0.2) is 0 Å². The van der Waals surface area contributed by atoms with Crippen molar-refractivity contribution in [2.24, 2.45) is 23.7 Å². The Bertz CT molecular complexity index is 2380. The molecule has 0 bridgehead atoms. The molecule has 5 unspecified atom stereocenters. The molecule has 0 spiro atoms. The first-order valence-electron chi connectivity index (χ1n) is 23.2. The van der Waals surface area contributed by atoms with E-state index in [2.05, 4.69) is 45.5 Å². The molecule has 6 amide bonds. The highest BCUT2D eigenvalue weighted by molar-refractivity contribution is 6.00. The number of rotatable bonds is 16. The topological polar surface area (TPSA) is 157 Å². The molecule has 4 fully saturated rings. The molecule has 12 heteroatoms. The van der Waals surface area contributed by atoms with Crippen molar-refractivity contribution in [3.8, 4) is 0 Å². The lowest BCUT2D eigenvalue weighted by atomic mass is 9.94. The monoisotopic (exact) mass is 884 g/mol. The highest BCUT2D eigenvalue weighted by Crippen LogP contribution is 2.43. The maximum absolute atomic E-state index is 14.1. The Kier molecular flexibility index (Phi) is 13.4. The Morgan fingerprint density at radius 3 is 1.08 bits per heavy atom. The maximum atomic E-state index is 14.1. The van der Waals surface area contributed by atoms with Gasteiger partial charge in [-0.2, -0.15) is 0 Å². The van der Waals surface area contributed by atoms with Gasteiger partial charge in [0.2, 0.25) is 23.6 Å². The summed E-state index contributed by atoms with van der Waals surface area (Å²) in [5, 5.41) is 12.4. The zero-order chi connectivity index (χ0) is 45.6. The smallest absolute Gasteiger partial charge is 0.253 e. The minimum absolute atomic E-state index is 0.0338. The van der Waals surface area contributed by atoms with E-state index in [9.17, 15) is 28.8 Å². The molecule has 2 aliphatic heterocycles. The van der Waals surface area contributed by atoms with Crippen molar-refractivity contribution >= 4 is 35.4 Å². The lowest BCUT2D eigenvalue weighted by Gasteiger charge is -2.18. The van der Waals surface area contributed by atoms with E-state index in [4.69, 9.17) is 0 Å². The van der Waals surface area contributed by atoms with Gasteiger partial charge in [-0.3, -0.25) is 28.8 Å². The second-order valence-electron chi connectivity index (χ2n) is 18.2. The molecule has 66 heavy (non-hydrogen) atoms. The van der Waals surface area contributed by atoms with Gasteiger partial charge in [0.25, 0.3) is 11.8 Å². The molecule has 338 valence electrons. The summed E-state index contributed by atoms with van der Waals surface area (Å²) in [6, 6.07) is 46.0. The van der Waals surface area contributed by atoms with E-state index in [-0.39, 0.29) is 85.5 Å². The first kappa shape index (κ1) is 44.1. The molecule has 0 aromatic heterocycles. The largest absolute Gasteiger partial charge is 0.355 e. The van der Waals surface area contributed by atoms with Crippen LogP contribution in [0, 0.1) is 23.7 Å². The number of nitrogens with one attached hydrogen (secondary N) is 4. The zero-order valence-corrected chi connectivity index (χ0v) is 36.9. The molecule has 5 aromatic rings. The number of carbonyl (C=O) groups excluding carboxylic acids is 6. The molecule has 5 aromatic carbocycles. The third kappa shape index (κ3) is 10.4. The van der Waals surface area contributed by atoms with E-state index >= 15 is 0 Å². The molecule has 2 heterocycles. The predicted octanol–water partition coefficient (Wildman–Crippen LogP) is 5.13. The van der Waals surface area contributed by atoms with Gasteiger partial charge in [0, 0.05) is 74.3 Å². The highest BCUT2D eigenvalue weighted by Gasteiger charge is 2.49. The fourth-order valence-electron chi connectivity index (χ4n) is 9.76. The van der Waals surface area contributed by atoms with Crippen LogP contribution in [0.3, 0.4) is 0 Å². The van der Waals surface area contributed by atoms with Crippen molar-refractivity contribution in [2.75, 3.05) is 39.3 Å². The summed E-state index contributed by atoms with van der Waals surface area (Å²) in [5.41, 5.74) is 5.10. The molecule has 8 atom stereocenters. The highest BCUT2D eigenvalue weighted by atomic mass is 16.2. The van der Waals surface area contributed by atoms with Gasteiger partial charge in [-0.1, -0.05) is 121 Å². The second-order valence-corrected chi connectivity index (χ2v) is 18.2. The van der Waals surface area contributed by atoms with E-state index < -0.39 is 23.7 Å². The van der Waals surface area contributed by atoms with Crippen LogP contribution < -0.4 is 21.3 Å². The van der Waals surface area contributed by atoms with Crippen molar-refractivity contribution < 1.29 is 28.8 Å². The zero-order valence-electron chi connectivity index (χ0n) is 36.9. The molecule has 2 aliphatic carbocycles. The van der Waals surface area contributed by atoms with Crippen molar-refractivity contribution in [1.29, 1.82) is 0 Å². The van der Waals surface area contributed by atoms with E-state index in [1.54, 1.807) is 29.2 Å². The average Bonchev–Trinajstić information content (AvgIpc) is 4.20. The third-order valence-electron chi connectivity index (χ3n) is 13.7. The molecular weight excluding hydrogens is 829 g/mol. The van der Waals surface area contributed by atoms with Crippen LogP contribution in [-0.2, 0) is 32.0 Å². The van der Waals surface area contributed by atoms with Crippen LogP contribution in [0.4, 0.5) is 0 Å². The summed E-state index contributed by atoms with van der Waals surface area (Å²) in [6.07, 6.45) is 2.89. The van der Waals surface area contributed by atoms with Crippen LogP contribution in [0.5, 0.6) is 0 Å². The lowest BCUT2D eigenvalue weighted by Crippen LogP contribution is -2.43. The van der Waals surface area contributed by atoms with Gasteiger partial charge in [0.1, 0.15) is 0 Å². The molecule has 9 rings (SSSR count). The quantitative estimate of drug-likeness (QED) is 0.108. The van der Waals surface area contributed by atoms with Crippen LogP contribution in [0.25, 0.3) is 0 Å². The van der Waals surface area contributed by atoms with Crippen LogP contribution >= 0.6 is 0 Å². The summed E-state index contributed by atoms with van der Waals surface area (Å²) in [6.45, 7) is 1.07. The summed E-state index contributed by atoms with van der Waals surface area (Å²) >= 11 is 0. The SMILES string of the molecule is O=C(NC1C[C@@H]1c1ccccc1)C1CN(C(=O)c2ccc(C(=O)N3CC(C(=O)NCCc4ccccc4)[C@H](C(=O)NCCc4ccccc4)C3)cc2)CC1C(=O)NC1C[C@@H]1c1ccccc1. The van der Waals surface area contributed by atoms with Crippen LogP contribution in [-0.4, -0.2) is 96.6 Å². The van der Waals surface area contributed by atoms with Crippen molar-refractivity contribution in [1.82, 2.24) is 31.1 Å². The van der Waals surface area contributed by atoms with E-state index in [1.165, 1.54) is 4.90 Å².